The third-order valence-electron chi connectivity index (χ3n) is 5.06. The number of amides is 3. The van der Waals surface area contributed by atoms with Crippen molar-refractivity contribution in [3.63, 3.8) is 0 Å². The van der Waals surface area contributed by atoms with Gasteiger partial charge < -0.3 is 32.3 Å². The molecule has 11 heteroatoms. The lowest BCUT2D eigenvalue weighted by Gasteiger charge is -2.17. The normalized spacial score (nSPS) is 27.7. The Bertz CT molecular complexity index is 651. The number of hydrogen-bond donors (Lipinski definition) is 6. The molecule has 0 radical (unpaired) electrons. The van der Waals surface area contributed by atoms with Gasteiger partial charge in [-0.3, -0.25) is 24.0 Å². The highest BCUT2D eigenvalue weighted by Crippen LogP contribution is 2.60. The zero-order valence-corrected chi connectivity index (χ0v) is 16.0. The highest BCUT2D eigenvalue weighted by atomic mass is 16.4. The summed E-state index contributed by atoms with van der Waals surface area (Å²) in [5, 5.41) is 22.1. The molecule has 28 heavy (non-hydrogen) atoms. The van der Waals surface area contributed by atoms with Crippen LogP contribution in [0.4, 0.5) is 0 Å². The number of fused-ring (bicyclic) bond motifs is 1. The second kappa shape index (κ2) is 9.49. The molecular formula is C17H28N4O7. The molecule has 3 amide bonds. The van der Waals surface area contributed by atoms with Gasteiger partial charge >= 0.3 is 11.9 Å². The van der Waals surface area contributed by atoms with E-state index in [-0.39, 0.29) is 17.8 Å². The molecule has 2 fully saturated rings. The van der Waals surface area contributed by atoms with Crippen molar-refractivity contribution in [1.82, 2.24) is 10.6 Å². The van der Waals surface area contributed by atoms with Crippen LogP contribution in [-0.4, -0.2) is 58.0 Å². The summed E-state index contributed by atoms with van der Waals surface area (Å²) < 4.78 is 0. The van der Waals surface area contributed by atoms with Gasteiger partial charge in [0.1, 0.15) is 12.1 Å². The summed E-state index contributed by atoms with van der Waals surface area (Å²) >= 11 is 0. The number of nitrogens with two attached hydrogens (primary N) is 2. The first-order valence-electron chi connectivity index (χ1n) is 8.99. The minimum atomic E-state index is -0.828. The van der Waals surface area contributed by atoms with Gasteiger partial charge in [-0.2, -0.15) is 0 Å². The molecule has 2 aliphatic carbocycles. The molecule has 7 atom stereocenters. The van der Waals surface area contributed by atoms with Gasteiger partial charge in [0.15, 0.2) is 0 Å². The number of carbonyl (C=O) groups is 5. The van der Waals surface area contributed by atoms with Gasteiger partial charge in [-0.25, -0.2) is 0 Å². The third kappa shape index (κ3) is 5.91. The molecule has 0 bridgehead atoms. The highest BCUT2D eigenvalue weighted by Gasteiger charge is 2.63. The van der Waals surface area contributed by atoms with E-state index in [2.05, 4.69) is 10.6 Å². The summed E-state index contributed by atoms with van der Waals surface area (Å²) in [4.78, 5) is 54.5. The first-order chi connectivity index (χ1) is 12.9. The van der Waals surface area contributed by atoms with Crippen LogP contribution < -0.4 is 22.1 Å². The fourth-order valence-corrected chi connectivity index (χ4v) is 3.34. The van der Waals surface area contributed by atoms with Gasteiger partial charge in [0.2, 0.25) is 17.7 Å². The summed E-state index contributed by atoms with van der Waals surface area (Å²) in [7, 11) is 0. The summed E-state index contributed by atoms with van der Waals surface area (Å²) in [5.74, 6) is -3.88. The molecule has 2 rings (SSSR count). The fourth-order valence-electron chi connectivity index (χ4n) is 3.34. The average Bonchev–Trinajstić information content (AvgIpc) is 3.14. The maximum absolute atomic E-state index is 11.4. The van der Waals surface area contributed by atoms with Crippen molar-refractivity contribution in [1.29, 1.82) is 0 Å². The molecular weight excluding hydrogens is 372 g/mol. The minimum Gasteiger partial charge on any atom is -0.481 e. The SMILES string of the molecule is CC(N)C(=O)N[C@@H](C)C(=O)NC(C)C(N)=O.O=C(O)C1CCC2C(C(=O)O)C12. The Morgan fingerprint density at radius 1 is 0.893 bits per heavy atom. The Balaban J connectivity index is 0.000000289. The van der Waals surface area contributed by atoms with E-state index in [1.165, 1.54) is 20.8 Å². The van der Waals surface area contributed by atoms with Crippen molar-refractivity contribution in [2.75, 3.05) is 0 Å². The van der Waals surface area contributed by atoms with E-state index in [1.54, 1.807) is 0 Å². The topological polar surface area (TPSA) is 202 Å². The Morgan fingerprint density at radius 2 is 1.43 bits per heavy atom. The van der Waals surface area contributed by atoms with Crippen LogP contribution in [0, 0.1) is 23.7 Å². The third-order valence-corrected chi connectivity index (χ3v) is 5.06. The summed E-state index contributed by atoms with van der Waals surface area (Å²) in [6, 6.07) is -2.23. The van der Waals surface area contributed by atoms with Crippen molar-refractivity contribution in [3.8, 4) is 0 Å². The summed E-state index contributed by atoms with van der Waals surface area (Å²) in [6.45, 7) is 4.45. The lowest BCUT2D eigenvalue weighted by atomic mass is 10.0. The number of nitrogens with one attached hydrogen (secondary N) is 2. The largest absolute Gasteiger partial charge is 0.481 e. The van der Waals surface area contributed by atoms with E-state index in [0.717, 1.165) is 6.42 Å². The predicted octanol–water partition coefficient (Wildman–Crippen LogP) is -1.74. The van der Waals surface area contributed by atoms with E-state index in [0.29, 0.717) is 6.42 Å². The number of primary amides is 1. The molecule has 0 aliphatic heterocycles. The first kappa shape index (κ1) is 23.3. The fraction of sp³-hybridized carbons (Fsp3) is 0.706. The molecule has 0 saturated heterocycles. The van der Waals surface area contributed by atoms with Crippen molar-refractivity contribution in [2.45, 2.75) is 51.7 Å². The molecule has 8 N–H and O–H groups in total. The lowest BCUT2D eigenvalue weighted by molar-refractivity contribution is -0.143. The number of carboxylic acid groups (broad SMARTS) is 2. The van der Waals surface area contributed by atoms with Crippen LogP contribution in [0.25, 0.3) is 0 Å². The van der Waals surface area contributed by atoms with Crippen LogP contribution in [0.15, 0.2) is 0 Å². The highest BCUT2D eigenvalue weighted by molar-refractivity contribution is 5.92. The van der Waals surface area contributed by atoms with Crippen molar-refractivity contribution in [2.24, 2.45) is 35.1 Å². The average molecular weight is 400 g/mol. The zero-order chi connectivity index (χ0) is 21.8. The smallest absolute Gasteiger partial charge is 0.307 e. The summed E-state index contributed by atoms with van der Waals surface area (Å²) in [5.41, 5.74) is 10.3. The molecule has 0 aromatic heterocycles. The molecule has 6 unspecified atom stereocenters. The van der Waals surface area contributed by atoms with Crippen LogP contribution in [0.3, 0.4) is 0 Å². The van der Waals surface area contributed by atoms with Crippen molar-refractivity contribution in [3.05, 3.63) is 0 Å². The van der Waals surface area contributed by atoms with Crippen LogP contribution in [-0.2, 0) is 24.0 Å². The lowest BCUT2D eigenvalue weighted by Crippen LogP contribution is -2.53. The molecule has 2 saturated carbocycles. The monoisotopic (exact) mass is 400 g/mol. The standard InChI is InChI=1S/C9H18N4O3.C8H10O4/c1-4(10)8(15)13-6(3)9(16)12-5(2)7(11)14;9-7(10)4-2-1-3-5(4)6(3)8(11)12/h4-6H,10H2,1-3H3,(H2,11,14)(H,12,16)(H,13,15);3-6H,1-2H2,(H,9,10)(H,11,12)/t4?,5?,6-;/m0./s1. The Kier molecular flexibility index (Phi) is 7.91. The van der Waals surface area contributed by atoms with Gasteiger partial charge in [0.05, 0.1) is 17.9 Å². The zero-order valence-electron chi connectivity index (χ0n) is 16.0. The van der Waals surface area contributed by atoms with Gasteiger partial charge in [-0.05, 0) is 45.4 Å². The molecule has 2 aliphatic rings. The Labute approximate surface area is 162 Å². The molecule has 0 aromatic carbocycles. The number of carboxylic acids is 2. The minimum absolute atomic E-state index is 0.0694. The molecule has 11 nitrogen and oxygen atoms in total. The van der Waals surface area contributed by atoms with Gasteiger partial charge in [0.25, 0.3) is 0 Å². The number of rotatable bonds is 7. The Morgan fingerprint density at radius 3 is 1.82 bits per heavy atom. The second-order valence-corrected chi connectivity index (χ2v) is 7.28. The van der Waals surface area contributed by atoms with Gasteiger partial charge in [-0.1, -0.05) is 0 Å². The van der Waals surface area contributed by atoms with Crippen LogP contribution in [0.1, 0.15) is 33.6 Å². The maximum atomic E-state index is 11.4. The van der Waals surface area contributed by atoms with Crippen molar-refractivity contribution >= 4 is 29.7 Å². The quantitative estimate of drug-likeness (QED) is 0.289. The maximum Gasteiger partial charge on any atom is 0.307 e. The van der Waals surface area contributed by atoms with Crippen LogP contribution in [0.5, 0.6) is 0 Å². The predicted molar refractivity (Wildman–Crippen MR) is 96.5 cm³/mol. The van der Waals surface area contributed by atoms with Gasteiger partial charge in [-0.15, -0.1) is 0 Å². The van der Waals surface area contributed by atoms with Crippen LogP contribution in [0.2, 0.25) is 0 Å². The van der Waals surface area contributed by atoms with E-state index >= 15 is 0 Å². The van der Waals surface area contributed by atoms with Gasteiger partial charge in [0, 0.05) is 0 Å². The molecule has 0 spiro atoms. The summed E-state index contributed by atoms with van der Waals surface area (Å²) in [6.07, 6.45) is 1.44. The van der Waals surface area contributed by atoms with E-state index in [1.807, 2.05) is 0 Å². The second-order valence-electron chi connectivity index (χ2n) is 7.28. The van der Waals surface area contributed by atoms with E-state index < -0.39 is 53.7 Å². The molecule has 0 heterocycles. The molecule has 0 aromatic rings. The van der Waals surface area contributed by atoms with Crippen LogP contribution >= 0.6 is 0 Å². The van der Waals surface area contributed by atoms with Crippen molar-refractivity contribution < 1.29 is 34.2 Å². The first-order valence-corrected chi connectivity index (χ1v) is 8.99. The number of carbonyl (C=O) groups excluding carboxylic acids is 3. The molecule has 158 valence electrons. The van der Waals surface area contributed by atoms with E-state index in [9.17, 15) is 24.0 Å². The number of aliphatic carboxylic acids is 2. The Hall–Kier alpha value is -2.69. The van der Waals surface area contributed by atoms with E-state index in [4.69, 9.17) is 21.7 Å². The number of hydrogen-bond acceptors (Lipinski definition) is 6.